The summed E-state index contributed by atoms with van der Waals surface area (Å²) in [5.41, 5.74) is 2.94. The van der Waals surface area contributed by atoms with Crippen LogP contribution in [0.4, 0.5) is 5.69 Å². The maximum absolute atomic E-state index is 11.7. The Bertz CT molecular complexity index is 885. The number of H-pyrrole nitrogens is 1. The molecule has 3 aromatic heterocycles. The van der Waals surface area contributed by atoms with Crippen molar-refractivity contribution >= 4 is 34.0 Å². The van der Waals surface area contributed by atoms with Gasteiger partial charge in [0.15, 0.2) is 17.3 Å². The molecule has 0 amide bonds. The number of aromatic nitrogens is 3. The maximum atomic E-state index is 11.7. The van der Waals surface area contributed by atoms with Gasteiger partial charge in [0.05, 0.1) is 16.5 Å². The highest BCUT2D eigenvalue weighted by molar-refractivity contribution is 7.14. The molecule has 0 bridgehead atoms. The number of rotatable bonds is 3. The van der Waals surface area contributed by atoms with Crippen LogP contribution in [0.25, 0.3) is 21.9 Å². The van der Waals surface area contributed by atoms with E-state index in [1.165, 1.54) is 6.92 Å². The van der Waals surface area contributed by atoms with Crippen LogP contribution in [-0.2, 0) is 0 Å². The Hall–Kier alpha value is -2.25. The Balaban J connectivity index is 1.71. The Morgan fingerprint density at radius 2 is 2.39 bits per heavy atom. The van der Waals surface area contributed by atoms with Gasteiger partial charge in [-0.25, -0.2) is 9.97 Å². The minimum Gasteiger partial charge on any atom is -0.391 e. The number of ketones is 1. The van der Waals surface area contributed by atoms with Gasteiger partial charge in [-0.3, -0.25) is 4.79 Å². The molecule has 3 aromatic rings. The van der Waals surface area contributed by atoms with Crippen LogP contribution in [0.15, 0.2) is 23.7 Å². The van der Waals surface area contributed by atoms with Crippen molar-refractivity contribution in [2.75, 3.05) is 18.0 Å². The number of nitrogens with zero attached hydrogens (tertiary/aromatic N) is 3. The van der Waals surface area contributed by atoms with Gasteiger partial charge in [-0.2, -0.15) is 0 Å². The van der Waals surface area contributed by atoms with E-state index in [1.807, 2.05) is 0 Å². The van der Waals surface area contributed by atoms with Crippen LogP contribution in [0.1, 0.15) is 23.7 Å². The molecule has 0 saturated carbocycles. The first-order valence-electron chi connectivity index (χ1n) is 7.49. The predicted octanol–water partition coefficient (Wildman–Crippen LogP) is 2.46. The second kappa shape index (κ2) is 5.43. The predicted molar refractivity (Wildman–Crippen MR) is 90.0 cm³/mol. The van der Waals surface area contributed by atoms with Crippen molar-refractivity contribution in [3.63, 3.8) is 0 Å². The molecular weight excluding hydrogens is 312 g/mol. The summed E-state index contributed by atoms with van der Waals surface area (Å²) in [6.07, 6.45) is 2.17. The Morgan fingerprint density at radius 3 is 3.13 bits per heavy atom. The lowest BCUT2D eigenvalue weighted by atomic mass is 10.2. The van der Waals surface area contributed by atoms with Crippen molar-refractivity contribution in [3.05, 3.63) is 29.3 Å². The molecule has 0 radical (unpaired) electrons. The largest absolute Gasteiger partial charge is 0.391 e. The fraction of sp³-hybridized carbons (Fsp3) is 0.312. The summed E-state index contributed by atoms with van der Waals surface area (Å²) in [4.78, 5) is 26.8. The molecule has 7 heteroatoms. The highest BCUT2D eigenvalue weighted by Gasteiger charge is 2.22. The molecule has 4 heterocycles. The second-order valence-corrected chi connectivity index (χ2v) is 6.67. The summed E-state index contributed by atoms with van der Waals surface area (Å²) in [6, 6.07) is 3.77. The van der Waals surface area contributed by atoms with Crippen LogP contribution in [-0.4, -0.2) is 45.0 Å². The number of carbonyl (C=O) groups is 1. The van der Waals surface area contributed by atoms with Crippen molar-refractivity contribution in [2.24, 2.45) is 0 Å². The smallest absolute Gasteiger partial charge is 0.178 e. The standard InChI is InChI=1S/C16H16N4O2S/c1-9(21)12-2-4-17-16-14(12)18-15(19-16)13-6-10(8-23-13)20-5-3-11(22)7-20/h2,4,6,8,11,22H,3,5,7H2,1H3,(H,17,18,19). The van der Waals surface area contributed by atoms with Gasteiger partial charge in [-0.05, 0) is 25.5 Å². The van der Waals surface area contributed by atoms with E-state index in [-0.39, 0.29) is 11.9 Å². The maximum Gasteiger partial charge on any atom is 0.178 e. The van der Waals surface area contributed by atoms with E-state index in [4.69, 9.17) is 0 Å². The first-order valence-corrected chi connectivity index (χ1v) is 8.37. The third-order valence-corrected chi connectivity index (χ3v) is 5.04. The molecule has 23 heavy (non-hydrogen) atoms. The monoisotopic (exact) mass is 328 g/mol. The van der Waals surface area contributed by atoms with Gasteiger partial charge >= 0.3 is 0 Å². The van der Waals surface area contributed by atoms with Crippen molar-refractivity contribution in [1.29, 1.82) is 0 Å². The molecule has 2 N–H and O–H groups in total. The summed E-state index contributed by atoms with van der Waals surface area (Å²) in [7, 11) is 0. The second-order valence-electron chi connectivity index (χ2n) is 5.76. The molecule has 1 aliphatic rings. The zero-order valence-electron chi connectivity index (χ0n) is 12.6. The van der Waals surface area contributed by atoms with E-state index in [9.17, 15) is 9.90 Å². The van der Waals surface area contributed by atoms with Crippen LogP contribution in [0, 0.1) is 0 Å². The van der Waals surface area contributed by atoms with E-state index in [1.54, 1.807) is 23.6 Å². The van der Waals surface area contributed by atoms with Gasteiger partial charge in [0.1, 0.15) is 0 Å². The molecule has 0 aliphatic carbocycles. The molecule has 1 fully saturated rings. The average Bonchev–Trinajstić information content (AvgIpc) is 3.24. The number of Topliss-reactive ketones (excluding diaryl/α,β-unsaturated/α-hetero) is 1. The van der Waals surface area contributed by atoms with Gasteiger partial charge in [-0.1, -0.05) is 0 Å². The number of pyridine rings is 1. The lowest BCUT2D eigenvalue weighted by Gasteiger charge is -2.14. The number of hydrogen-bond acceptors (Lipinski definition) is 6. The van der Waals surface area contributed by atoms with E-state index >= 15 is 0 Å². The van der Waals surface area contributed by atoms with Crippen LogP contribution >= 0.6 is 11.3 Å². The zero-order chi connectivity index (χ0) is 16.0. The number of β-amino-alcohol motifs (C(OH)–C–C–N with tert-alkyl or cyclic N) is 1. The minimum absolute atomic E-state index is 0.00878. The van der Waals surface area contributed by atoms with Crippen LogP contribution in [0.3, 0.4) is 0 Å². The summed E-state index contributed by atoms with van der Waals surface area (Å²) in [5, 5.41) is 11.7. The number of aliphatic hydroxyl groups excluding tert-OH is 1. The quantitative estimate of drug-likeness (QED) is 0.722. The summed E-state index contributed by atoms with van der Waals surface area (Å²) in [5.74, 6) is 0.711. The summed E-state index contributed by atoms with van der Waals surface area (Å²) in [6.45, 7) is 3.08. The molecule has 0 spiro atoms. The normalized spacial score (nSPS) is 18.0. The number of imidazole rings is 1. The fourth-order valence-corrected chi connectivity index (χ4v) is 3.78. The Kier molecular flexibility index (Phi) is 3.39. The van der Waals surface area contributed by atoms with E-state index in [0.717, 1.165) is 29.4 Å². The molecule has 1 unspecified atom stereocenters. The van der Waals surface area contributed by atoms with E-state index in [2.05, 4.69) is 31.3 Å². The van der Waals surface area contributed by atoms with Gasteiger partial charge < -0.3 is 15.0 Å². The average molecular weight is 328 g/mol. The Labute approximate surface area is 136 Å². The van der Waals surface area contributed by atoms with E-state index < -0.39 is 0 Å². The van der Waals surface area contributed by atoms with Gasteiger partial charge in [0, 0.05) is 35.9 Å². The van der Waals surface area contributed by atoms with Crippen LogP contribution < -0.4 is 4.90 Å². The number of aromatic amines is 1. The first kappa shape index (κ1) is 14.3. The molecule has 1 saturated heterocycles. The molecule has 0 aromatic carbocycles. The number of anilines is 1. The third-order valence-electron chi connectivity index (χ3n) is 4.12. The number of aliphatic hydroxyl groups is 1. The minimum atomic E-state index is -0.244. The van der Waals surface area contributed by atoms with Crippen LogP contribution in [0.2, 0.25) is 0 Å². The molecule has 1 aliphatic heterocycles. The molecular formula is C16H16N4O2S. The first-order chi connectivity index (χ1) is 11.1. The van der Waals surface area contributed by atoms with Gasteiger partial charge in [0.25, 0.3) is 0 Å². The number of nitrogens with one attached hydrogen (secondary N) is 1. The van der Waals surface area contributed by atoms with Crippen molar-refractivity contribution in [3.8, 4) is 10.7 Å². The number of hydrogen-bond donors (Lipinski definition) is 2. The van der Waals surface area contributed by atoms with Gasteiger partial charge in [0.2, 0.25) is 0 Å². The Morgan fingerprint density at radius 1 is 1.52 bits per heavy atom. The van der Waals surface area contributed by atoms with Crippen molar-refractivity contribution in [2.45, 2.75) is 19.4 Å². The highest BCUT2D eigenvalue weighted by atomic mass is 32.1. The lowest BCUT2D eigenvalue weighted by molar-refractivity contribution is 0.101. The van der Waals surface area contributed by atoms with Gasteiger partial charge in [-0.15, -0.1) is 11.3 Å². The molecule has 4 rings (SSSR count). The molecule has 6 nitrogen and oxygen atoms in total. The van der Waals surface area contributed by atoms with Crippen molar-refractivity contribution < 1.29 is 9.90 Å². The van der Waals surface area contributed by atoms with Crippen molar-refractivity contribution in [1.82, 2.24) is 15.0 Å². The number of carbonyl (C=O) groups excluding carboxylic acids is 1. The van der Waals surface area contributed by atoms with Crippen LogP contribution in [0.5, 0.6) is 0 Å². The third kappa shape index (κ3) is 2.51. The lowest BCUT2D eigenvalue weighted by Crippen LogP contribution is -2.20. The molecule has 1 atom stereocenters. The number of thiophene rings is 1. The fourth-order valence-electron chi connectivity index (χ4n) is 2.91. The molecule has 118 valence electrons. The highest BCUT2D eigenvalue weighted by Crippen LogP contribution is 2.33. The summed E-state index contributed by atoms with van der Waals surface area (Å²) >= 11 is 1.59. The zero-order valence-corrected chi connectivity index (χ0v) is 13.4. The topological polar surface area (TPSA) is 82.1 Å². The SMILES string of the molecule is CC(=O)c1ccnc2nc(-c3cc(N4CCC(O)C4)cs3)[nH]c12. The summed E-state index contributed by atoms with van der Waals surface area (Å²) < 4.78 is 0. The van der Waals surface area contributed by atoms with E-state index in [0.29, 0.717) is 23.3 Å². The number of fused-ring (bicyclic) bond motifs is 1.